The second kappa shape index (κ2) is 8.94. The lowest BCUT2D eigenvalue weighted by molar-refractivity contribution is -0.116. The molecule has 0 saturated heterocycles. The molecule has 134 valence electrons. The van der Waals surface area contributed by atoms with E-state index in [1.165, 1.54) is 7.11 Å². The Bertz CT molecular complexity index is 732. The molecule has 2 aromatic rings. The van der Waals surface area contributed by atoms with E-state index in [2.05, 4.69) is 5.32 Å². The van der Waals surface area contributed by atoms with Gasteiger partial charge >= 0.3 is 0 Å². The van der Waals surface area contributed by atoms with E-state index in [4.69, 9.17) is 32.7 Å². The smallest absolute Gasteiger partial charge is 0.224 e. The molecule has 0 aliphatic rings. The van der Waals surface area contributed by atoms with Gasteiger partial charge in [-0.2, -0.15) is 0 Å². The number of aliphatic hydroxyl groups is 1. The molecule has 2 rings (SSSR count). The van der Waals surface area contributed by atoms with Gasteiger partial charge in [0.05, 0.1) is 20.3 Å². The molecule has 5 nitrogen and oxygen atoms in total. The van der Waals surface area contributed by atoms with E-state index >= 15 is 0 Å². The summed E-state index contributed by atoms with van der Waals surface area (Å²) in [6.45, 7) is 0. The first-order chi connectivity index (χ1) is 11.9. The average Bonchev–Trinajstić information content (AvgIpc) is 2.58. The van der Waals surface area contributed by atoms with E-state index in [1.54, 1.807) is 43.5 Å². The third kappa shape index (κ3) is 5.53. The van der Waals surface area contributed by atoms with E-state index in [0.717, 1.165) is 0 Å². The maximum absolute atomic E-state index is 12.1. The van der Waals surface area contributed by atoms with Crippen LogP contribution in [0.15, 0.2) is 36.4 Å². The lowest BCUT2D eigenvalue weighted by atomic mass is 10.0. The fourth-order valence-corrected chi connectivity index (χ4v) is 2.89. The summed E-state index contributed by atoms with van der Waals surface area (Å²) in [7, 11) is 3.07. The Hall–Kier alpha value is -1.95. The molecule has 1 amide bonds. The van der Waals surface area contributed by atoms with Crippen molar-refractivity contribution in [3.8, 4) is 11.5 Å². The monoisotopic (exact) mass is 383 g/mol. The Labute approximate surface area is 156 Å². The molecule has 0 radical (unpaired) electrons. The summed E-state index contributed by atoms with van der Waals surface area (Å²) in [5.74, 6) is 0.891. The van der Waals surface area contributed by atoms with Crippen LogP contribution in [0.25, 0.3) is 0 Å². The van der Waals surface area contributed by atoms with Crippen molar-refractivity contribution in [3.05, 3.63) is 52.0 Å². The summed E-state index contributed by atoms with van der Waals surface area (Å²) in [4.78, 5) is 12.1. The quantitative estimate of drug-likeness (QED) is 0.740. The summed E-state index contributed by atoms with van der Waals surface area (Å²) in [6, 6.07) is 9.93. The molecule has 0 aromatic heterocycles. The Morgan fingerprint density at radius 1 is 1.12 bits per heavy atom. The minimum Gasteiger partial charge on any atom is -0.497 e. The number of hydrogen-bond acceptors (Lipinski definition) is 4. The number of aliphatic hydroxyl groups excluding tert-OH is 1. The van der Waals surface area contributed by atoms with Gasteiger partial charge in [0.2, 0.25) is 5.91 Å². The third-order valence-corrected chi connectivity index (χ3v) is 4.03. The molecule has 0 aliphatic heterocycles. The standard InChI is InChI=1S/C18H19Cl2NO4/c1-24-14-3-4-15(17(10-14)25-2)16(22)5-6-18(23)21-13-8-11(19)7-12(20)9-13/h3-4,7-10,16,22H,5-6H2,1-2H3,(H,21,23). The first-order valence-corrected chi connectivity index (χ1v) is 8.34. The molecule has 25 heavy (non-hydrogen) atoms. The number of nitrogens with one attached hydrogen (secondary N) is 1. The van der Waals surface area contributed by atoms with Crippen LogP contribution in [0.2, 0.25) is 10.0 Å². The Kier molecular flexibility index (Phi) is 6.93. The largest absolute Gasteiger partial charge is 0.497 e. The number of benzene rings is 2. The van der Waals surface area contributed by atoms with Crippen LogP contribution in [0, 0.1) is 0 Å². The van der Waals surface area contributed by atoms with Crippen molar-refractivity contribution in [3.63, 3.8) is 0 Å². The molecule has 2 aromatic carbocycles. The number of rotatable bonds is 7. The van der Waals surface area contributed by atoms with Crippen molar-refractivity contribution in [2.45, 2.75) is 18.9 Å². The summed E-state index contributed by atoms with van der Waals surface area (Å²) in [6.07, 6.45) is -0.474. The van der Waals surface area contributed by atoms with Crippen molar-refractivity contribution >= 4 is 34.8 Å². The fraction of sp³-hybridized carbons (Fsp3) is 0.278. The lowest BCUT2D eigenvalue weighted by Gasteiger charge is -2.15. The first-order valence-electron chi connectivity index (χ1n) is 7.59. The predicted octanol–water partition coefficient (Wildman–Crippen LogP) is 4.46. The van der Waals surface area contributed by atoms with Crippen LogP contribution in [-0.2, 0) is 4.79 Å². The van der Waals surface area contributed by atoms with Crippen molar-refractivity contribution in [2.24, 2.45) is 0 Å². The zero-order chi connectivity index (χ0) is 18.4. The van der Waals surface area contributed by atoms with E-state index in [-0.39, 0.29) is 18.7 Å². The number of methoxy groups -OCH3 is 2. The molecule has 1 atom stereocenters. The van der Waals surface area contributed by atoms with E-state index in [0.29, 0.717) is 32.8 Å². The van der Waals surface area contributed by atoms with Crippen LogP contribution in [0.1, 0.15) is 24.5 Å². The molecule has 7 heteroatoms. The highest BCUT2D eigenvalue weighted by atomic mass is 35.5. The van der Waals surface area contributed by atoms with Gasteiger partial charge in [-0.25, -0.2) is 0 Å². The zero-order valence-corrected chi connectivity index (χ0v) is 15.4. The highest BCUT2D eigenvalue weighted by Crippen LogP contribution is 2.31. The molecule has 0 spiro atoms. The first kappa shape index (κ1) is 19.4. The Balaban J connectivity index is 1.97. The fourth-order valence-electron chi connectivity index (χ4n) is 2.37. The number of carbonyl (C=O) groups is 1. The van der Waals surface area contributed by atoms with E-state index < -0.39 is 6.10 Å². The predicted molar refractivity (Wildman–Crippen MR) is 98.8 cm³/mol. The third-order valence-electron chi connectivity index (χ3n) is 3.59. The molecule has 0 bridgehead atoms. The summed E-state index contributed by atoms with van der Waals surface area (Å²) in [5, 5.41) is 13.9. The second-order valence-electron chi connectivity index (χ2n) is 5.37. The van der Waals surface area contributed by atoms with Gasteiger partial charge in [-0.1, -0.05) is 23.2 Å². The van der Waals surface area contributed by atoms with Gasteiger partial charge < -0.3 is 19.9 Å². The zero-order valence-electron chi connectivity index (χ0n) is 13.9. The topological polar surface area (TPSA) is 67.8 Å². The molecule has 0 saturated carbocycles. The van der Waals surface area contributed by atoms with Gasteiger partial charge in [-0.3, -0.25) is 4.79 Å². The minimum atomic E-state index is -0.838. The molecule has 2 N–H and O–H groups in total. The number of halogens is 2. The van der Waals surface area contributed by atoms with Crippen LogP contribution >= 0.6 is 23.2 Å². The summed E-state index contributed by atoms with van der Waals surface area (Å²) >= 11 is 11.8. The Morgan fingerprint density at radius 2 is 1.80 bits per heavy atom. The number of hydrogen-bond donors (Lipinski definition) is 2. The molecular weight excluding hydrogens is 365 g/mol. The molecule has 0 fully saturated rings. The van der Waals surface area contributed by atoms with Crippen LogP contribution in [0.3, 0.4) is 0 Å². The van der Waals surface area contributed by atoms with Crippen molar-refractivity contribution in [1.29, 1.82) is 0 Å². The minimum absolute atomic E-state index is 0.125. The molecule has 1 unspecified atom stereocenters. The van der Waals surface area contributed by atoms with Gasteiger partial charge in [-0.05, 0) is 36.8 Å². The number of amides is 1. The van der Waals surface area contributed by atoms with Crippen LogP contribution in [0.4, 0.5) is 5.69 Å². The second-order valence-corrected chi connectivity index (χ2v) is 6.24. The average molecular weight is 384 g/mol. The lowest BCUT2D eigenvalue weighted by Crippen LogP contribution is -2.13. The van der Waals surface area contributed by atoms with Crippen LogP contribution in [-0.4, -0.2) is 25.2 Å². The van der Waals surface area contributed by atoms with Gasteiger partial charge in [0, 0.05) is 33.8 Å². The molecular formula is C18H19Cl2NO4. The maximum atomic E-state index is 12.1. The molecule has 0 heterocycles. The van der Waals surface area contributed by atoms with E-state index in [1.807, 2.05) is 0 Å². The number of anilines is 1. The highest BCUT2D eigenvalue weighted by molar-refractivity contribution is 6.35. The van der Waals surface area contributed by atoms with Gasteiger partial charge in [0.15, 0.2) is 0 Å². The van der Waals surface area contributed by atoms with Crippen LogP contribution in [0.5, 0.6) is 11.5 Å². The van der Waals surface area contributed by atoms with Crippen molar-refractivity contribution < 1.29 is 19.4 Å². The van der Waals surface area contributed by atoms with Gasteiger partial charge in [-0.15, -0.1) is 0 Å². The normalized spacial score (nSPS) is 11.7. The van der Waals surface area contributed by atoms with Crippen molar-refractivity contribution in [1.82, 2.24) is 0 Å². The van der Waals surface area contributed by atoms with Gasteiger partial charge in [0.25, 0.3) is 0 Å². The highest BCUT2D eigenvalue weighted by Gasteiger charge is 2.16. The SMILES string of the molecule is COc1ccc(C(O)CCC(=O)Nc2cc(Cl)cc(Cl)c2)c(OC)c1. The summed E-state index contributed by atoms with van der Waals surface area (Å²) < 4.78 is 10.4. The van der Waals surface area contributed by atoms with E-state index in [9.17, 15) is 9.90 Å². The molecule has 0 aliphatic carbocycles. The maximum Gasteiger partial charge on any atom is 0.224 e. The Morgan fingerprint density at radius 3 is 2.40 bits per heavy atom. The number of carbonyl (C=O) groups excluding carboxylic acids is 1. The van der Waals surface area contributed by atoms with Gasteiger partial charge in [0.1, 0.15) is 11.5 Å². The van der Waals surface area contributed by atoms with Crippen LogP contribution < -0.4 is 14.8 Å². The van der Waals surface area contributed by atoms with Crippen molar-refractivity contribution in [2.75, 3.05) is 19.5 Å². The summed E-state index contributed by atoms with van der Waals surface area (Å²) in [5.41, 5.74) is 1.11. The number of ether oxygens (including phenoxy) is 2.